The van der Waals surface area contributed by atoms with Crippen LogP contribution in [0, 0.1) is 0 Å². The van der Waals surface area contributed by atoms with Crippen LogP contribution in [0.15, 0.2) is 36.8 Å². The SMILES string of the molecule is NCCCN1CCC(O)CC1.Pc1cccnc1-c1ccnnc1. The molecule has 1 aliphatic rings. The van der Waals surface area contributed by atoms with Gasteiger partial charge in [-0.2, -0.15) is 10.2 Å². The van der Waals surface area contributed by atoms with Crippen LogP contribution < -0.4 is 11.0 Å². The first-order chi connectivity index (χ1) is 11.7. The Bertz CT molecular complexity index is 588. The van der Waals surface area contributed by atoms with Crippen molar-refractivity contribution in [3.05, 3.63) is 36.8 Å². The highest BCUT2D eigenvalue weighted by atomic mass is 31.0. The van der Waals surface area contributed by atoms with Crippen LogP contribution in [0.4, 0.5) is 0 Å². The lowest BCUT2D eigenvalue weighted by Gasteiger charge is -2.29. The Labute approximate surface area is 145 Å². The molecule has 2 aromatic rings. The molecule has 0 bridgehead atoms. The van der Waals surface area contributed by atoms with Gasteiger partial charge in [-0.25, -0.2) is 0 Å². The largest absolute Gasteiger partial charge is 0.393 e. The van der Waals surface area contributed by atoms with Gasteiger partial charge in [-0.1, -0.05) is 6.07 Å². The van der Waals surface area contributed by atoms with Gasteiger partial charge in [-0.05, 0) is 49.8 Å². The zero-order valence-corrected chi connectivity index (χ0v) is 15.0. The highest BCUT2D eigenvalue weighted by Crippen LogP contribution is 2.13. The minimum atomic E-state index is -0.0517. The predicted molar refractivity (Wildman–Crippen MR) is 100.0 cm³/mol. The molecule has 7 heteroatoms. The number of rotatable bonds is 4. The predicted octanol–water partition coefficient (Wildman–Crippen LogP) is 0.831. The number of aliphatic hydroxyl groups is 1. The molecule has 1 aliphatic heterocycles. The molecule has 0 aliphatic carbocycles. The van der Waals surface area contributed by atoms with E-state index in [-0.39, 0.29) is 6.10 Å². The molecule has 0 amide bonds. The Morgan fingerprint density at radius 2 is 2.00 bits per heavy atom. The topological polar surface area (TPSA) is 88.2 Å². The van der Waals surface area contributed by atoms with Crippen LogP contribution in [-0.2, 0) is 0 Å². The summed E-state index contributed by atoms with van der Waals surface area (Å²) in [5, 5.41) is 17.8. The van der Waals surface area contributed by atoms with E-state index in [2.05, 4.69) is 29.3 Å². The van der Waals surface area contributed by atoms with Gasteiger partial charge in [0, 0.05) is 24.8 Å². The van der Waals surface area contributed by atoms with Crippen molar-refractivity contribution >= 4 is 14.5 Å². The first kappa shape index (κ1) is 18.9. The summed E-state index contributed by atoms with van der Waals surface area (Å²) in [5.74, 6) is 0. The zero-order chi connectivity index (χ0) is 17.2. The van der Waals surface area contributed by atoms with Gasteiger partial charge in [0.15, 0.2) is 0 Å². The van der Waals surface area contributed by atoms with Crippen molar-refractivity contribution in [3.63, 3.8) is 0 Å². The molecule has 2 aromatic heterocycles. The van der Waals surface area contributed by atoms with E-state index in [0.717, 1.165) is 62.0 Å². The lowest BCUT2D eigenvalue weighted by atomic mass is 10.1. The van der Waals surface area contributed by atoms with Crippen LogP contribution >= 0.6 is 9.24 Å². The normalized spacial score (nSPS) is 15.6. The van der Waals surface area contributed by atoms with Crippen LogP contribution in [0.3, 0.4) is 0 Å². The van der Waals surface area contributed by atoms with E-state index >= 15 is 0 Å². The van der Waals surface area contributed by atoms with Crippen LogP contribution in [0.2, 0.25) is 0 Å². The zero-order valence-electron chi connectivity index (χ0n) is 13.9. The van der Waals surface area contributed by atoms with E-state index in [4.69, 9.17) is 5.73 Å². The highest BCUT2D eigenvalue weighted by Gasteiger charge is 2.15. The Hall–Kier alpha value is -1.46. The molecular formula is C17H26N5OP. The number of nitrogens with two attached hydrogens (primary N) is 1. The first-order valence-electron chi connectivity index (χ1n) is 8.28. The van der Waals surface area contributed by atoms with E-state index in [1.54, 1.807) is 18.6 Å². The molecule has 0 saturated carbocycles. The second-order valence-corrected chi connectivity index (χ2v) is 6.41. The van der Waals surface area contributed by atoms with Crippen molar-refractivity contribution in [2.75, 3.05) is 26.2 Å². The van der Waals surface area contributed by atoms with E-state index in [0.29, 0.717) is 0 Å². The molecule has 3 heterocycles. The Balaban J connectivity index is 0.000000177. The standard InChI is InChI=1S/C9H8N3P.C8H18N2O/c13-8-2-1-4-10-9(8)7-3-5-11-12-6-7;9-4-1-5-10-6-2-8(11)3-7-10/h1-6H,13H2;8,11H,1-7,9H2. The van der Waals surface area contributed by atoms with Gasteiger partial charge in [-0.15, -0.1) is 9.24 Å². The van der Waals surface area contributed by atoms with E-state index < -0.39 is 0 Å². The van der Waals surface area contributed by atoms with E-state index in [9.17, 15) is 5.11 Å². The molecule has 130 valence electrons. The fraction of sp³-hybridized carbons (Fsp3) is 0.471. The Morgan fingerprint density at radius 3 is 2.62 bits per heavy atom. The van der Waals surface area contributed by atoms with Crippen molar-refractivity contribution in [1.82, 2.24) is 20.1 Å². The lowest BCUT2D eigenvalue weighted by Crippen LogP contribution is -2.36. The minimum Gasteiger partial charge on any atom is -0.393 e. The van der Waals surface area contributed by atoms with Crippen molar-refractivity contribution in [2.24, 2.45) is 5.73 Å². The molecular weight excluding hydrogens is 321 g/mol. The number of likely N-dealkylation sites (tertiary alicyclic amines) is 1. The third-order valence-electron chi connectivity index (χ3n) is 3.93. The fourth-order valence-electron chi connectivity index (χ4n) is 2.55. The van der Waals surface area contributed by atoms with Crippen LogP contribution in [0.5, 0.6) is 0 Å². The van der Waals surface area contributed by atoms with Gasteiger partial charge in [0.1, 0.15) is 0 Å². The molecule has 0 spiro atoms. The number of hydrogen-bond acceptors (Lipinski definition) is 6. The molecule has 1 saturated heterocycles. The average Bonchev–Trinajstić information content (AvgIpc) is 2.63. The van der Waals surface area contributed by atoms with Gasteiger partial charge in [0.05, 0.1) is 24.2 Å². The third kappa shape index (κ3) is 6.21. The van der Waals surface area contributed by atoms with Crippen LogP contribution in [-0.4, -0.2) is 57.5 Å². The first-order valence-corrected chi connectivity index (χ1v) is 8.86. The molecule has 1 atom stereocenters. The lowest BCUT2D eigenvalue weighted by molar-refractivity contribution is 0.0824. The number of hydrogen-bond donors (Lipinski definition) is 2. The van der Waals surface area contributed by atoms with Crippen molar-refractivity contribution in [1.29, 1.82) is 0 Å². The molecule has 24 heavy (non-hydrogen) atoms. The smallest absolute Gasteiger partial charge is 0.0790 e. The molecule has 0 aromatic carbocycles. The molecule has 3 N–H and O–H groups in total. The Kier molecular flexibility index (Phi) is 8.19. The highest BCUT2D eigenvalue weighted by molar-refractivity contribution is 7.27. The number of aliphatic hydroxyl groups excluding tert-OH is 1. The summed E-state index contributed by atoms with van der Waals surface area (Å²) < 4.78 is 0. The third-order valence-corrected chi connectivity index (χ3v) is 4.40. The van der Waals surface area contributed by atoms with E-state index in [1.807, 2.05) is 18.2 Å². The van der Waals surface area contributed by atoms with E-state index in [1.165, 1.54) is 0 Å². The van der Waals surface area contributed by atoms with Crippen LogP contribution in [0.25, 0.3) is 11.3 Å². The average molecular weight is 347 g/mol. The van der Waals surface area contributed by atoms with Gasteiger partial charge in [0.25, 0.3) is 0 Å². The summed E-state index contributed by atoms with van der Waals surface area (Å²) in [6.07, 6.45) is 8.03. The second-order valence-electron chi connectivity index (χ2n) is 5.79. The summed E-state index contributed by atoms with van der Waals surface area (Å²) in [6.45, 7) is 3.96. The van der Waals surface area contributed by atoms with Gasteiger partial charge in [0.2, 0.25) is 0 Å². The molecule has 3 rings (SSSR count). The van der Waals surface area contributed by atoms with Gasteiger partial charge < -0.3 is 15.7 Å². The summed E-state index contributed by atoms with van der Waals surface area (Å²) >= 11 is 0. The molecule has 1 fully saturated rings. The van der Waals surface area contributed by atoms with Crippen molar-refractivity contribution in [2.45, 2.75) is 25.4 Å². The molecule has 6 nitrogen and oxygen atoms in total. The maximum absolute atomic E-state index is 9.20. The van der Waals surface area contributed by atoms with Crippen molar-refractivity contribution in [3.8, 4) is 11.3 Å². The number of piperidine rings is 1. The number of pyridine rings is 1. The number of aromatic nitrogens is 3. The summed E-state index contributed by atoms with van der Waals surface area (Å²) in [6, 6.07) is 5.79. The maximum Gasteiger partial charge on any atom is 0.0790 e. The Morgan fingerprint density at radius 1 is 1.21 bits per heavy atom. The second kappa shape index (κ2) is 10.4. The summed E-state index contributed by atoms with van der Waals surface area (Å²) in [7, 11) is 2.65. The molecule has 1 unspecified atom stereocenters. The van der Waals surface area contributed by atoms with Crippen molar-refractivity contribution < 1.29 is 5.11 Å². The van der Waals surface area contributed by atoms with Gasteiger partial charge in [-0.3, -0.25) is 4.98 Å². The van der Waals surface area contributed by atoms with Gasteiger partial charge >= 0.3 is 0 Å². The fourth-order valence-corrected chi connectivity index (χ4v) is 2.90. The summed E-state index contributed by atoms with van der Waals surface area (Å²) in [4.78, 5) is 6.63. The minimum absolute atomic E-state index is 0.0517. The van der Waals surface area contributed by atoms with Crippen LogP contribution in [0.1, 0.15) is 19.3 Å². The quantitative estimate of drug-likeness (QED) is 0.797. The molecule has 0 radical (unpaired) electrons. The monoisotopic (exact) mass is 347 g/mol. The number of nitrogens with zero attached hydrogens (tertiary/aromatic N) is 4. The summed E-state index contributed by atoms with van der Waals surface area (Å²) in [5.41, 5.74) is 7.32. The maximum atomic E-state index is 9.20.